The minimum atomic E-state index is -0.412. The first-order chi connectivity index (χ1) is 48.0. The molecule has 3 saturated heterocycles. The molecule has 0 bridgehead atoms. The largest absolute Gasteiger partial charge is 0.496 e. The van der Waals surface area contributed by atoms with Gasteiger partial charge in [0, 0.05) is 182 Å². The number of urea groups is 3. The molecule has 9 heterocycles. The lowest BCUT2D eigenvalue weighted by molar-refractivity contribution is 0.00578. The van der Waals surface area contributed by atoms with Gasteiger partial charge < -0.3 is 60.1 Å². The van der Waals surface area contributed by atoms with Crippen LogP contribution >= 0.6 is 31.9 Å². The summed E-state index contributed by atoms with van der Waals surface area (Å²) in [5.74, 6) is 0. The maximum absolute atomic E-state index is 12.3. The number of carbonyl (C=O) groups excluding carboxylic acids is 3. The monoisotopic (exact) mass is 1480 g/mol. The van der Waals surface area contributed by atoms with Gasteiger partial charge >= 0.3 is 25.2 Å². The van der Waals surface area contributed by atoms with E-state index in [0.29, 0.717) is 31.7 Å². The number of carbonyl (C=O) groups is 3. The molecule has 0 spiro atoms. The van der Waals surface area contributed by atoms with E-state index in [1.54, 1.807) is 0 Å². The summed E-state index contributed by atoms with van der Waals surface area (Å²) in [6, 6.07) is 25.1. The molecule has 21 heteroatoms. The molecule has 100 heavy (non-hydrogen) atoms. The van der Waals surface area contributed by atoms with E-state index in [1.807, 2.05) is 74.8 Å². The van der Waals surface area contributed by atoms with Gasteiger partial charge in [-0.15, -0.1) is 0 Å². The summed E-state index contributed by atoms with van der Waals surface area (Å²) in [6.45, 7) is 27.8. The number of pyridine rings is 3. The number of aromatic nitrogens is 3. The summed E-state index contributed by atoms with van der Waals surface area (Å²) in [7, 11) is -0.412. The minimum Gasteiger partial charge on any atom is -0.399 e. The number of amides is 6. The number of rotatable bonds is 12. The van der Waals surface area contributed by atoms with Crippen molar-refractivity contribution >= 4 is 90.6 Å². The summed E-state index contributed by atoms with van der Waals surface area (Å²) in [5, 5.41) is 16.0. The van der Waals surface area contributed by atoms with Crippen LogP contribution in [0.2, 0.25) is 0 Å². The van der Waals surface area contributed by atoms with Gasteiger partial charge in [-0.1, -0.05) is 70.6 Å². The van der Waals surface area contributed by atoms with Gasteiger partial charge in [-0.2, -0.15) is 0 Å². The molecule has 3 aromatic heterocycles. The third kappa shape index (κ3) is 19.0. The van der Waals surface area contributed by atoms with E-state index in [4.69, 9.17) is 28.8 Å². The average Bonchev–Trinajstić information content (AvgIpc) is 1.58. The van der Waals surface area contributed by atoms with Crippen molar-refractivity contribution < 1.29 is 33.2 Å². The van der Waals surface area contributed by atoms with Gasteiger partial charge in [0.2, 0.25) is 0 Å². The SMILES string of the molecule is Brc1ccc(NC2CCOCC2)cc1.CC(C)NC(=O)N1CC=C(C2=CCc3ncc(-c4ccc(NC5CCOCC5)cc4)cc32)CC1.CC(C)NC(=O)N1CC=C(C2=CCc3ncc(B4OC(C)(C)C(C)(C)O4)cc32)CC1.CC(C)NC(=O)N1CC=C(C2=CCc3ncc(Br)cc32)CC1. The molecular weight excluding hydrogens is 1390 g/mol. The van der Waals surface area contributed by atoms with Crippen LogP contribution in [0.5, 0.6) is 0 Å². The molecule has 5 N–H and O–H groups in total. The van der Waals surface area contributed by atoms with E-state index in [0.717, 1.165) is 159 Å². The smallest absolute Gasteiger partial charge is 0.399 e. The highest BCUT2D eigenvalue weighted by atomic mass is 79.9. The normalized spacial score (nSPS) is 19.2. The number of allylic oxidation sites excluding steroid dienone is 6. The van der Waals surface area contributed by atoms with Crippen LogP contribution in [0.4, 0.5) is 25.8 Å². The quantitative estimate of drug-likeness (QED) is 0.0743. The Morgan fingerprint density at radius 2 is 0.860 bits per heavy atom. The topological polar surface area (TPSA) is 197 Å². The number of nitrogens with one attached hydrogen (secondary N) is 5. The van der Waals surface area contributed by atoms with Gasteiger partial charge in [0.25, 0.3) is 0 Å². The van der Waals surface area contributed by atoms with Gasteiger partial charge in [0.1, 0.15) is 0 Å². The number of anilines is 2. The van der Waals surface area contributed by atoms with Crippen LogP contribution < -0.4 is 32.0 Å². The van der Waals surface area contributed by atoms with Crippen LogP contribution in [0.15, 0.2) is 147 Å². The van der Waals surface area contributed by atoms with Crippen LogP contribution in [0.25, 0.3) is 27.8 Å². The molecule has 18 nitrogen and oxygen atoms in total. The summed E-state index contributed by atoms with van der Waals surface area (Å²) in [4.78, 5) is 56.2. The molecule has 530 valence electrons. The summed E-state index contributed by atoms with van der Waals surface area (Å²) >= 11 is 6.92. The minimum absolute atomic E-state index is 0.00538. The van der Waals surface area contributed by atoms with Gasteiger partial charge in [0.05, 0.1) is 28.3 Å². The van der Waals surface area contributed by atoms with Crippen LogP contribution in [0.3, 0.4) is 0 Å². The Hall–Kier alpha value is -7.40. The summed E-state index contributed by atoms with van der Waals surface area (Å²) in [6.07, 6.45) is 28.6. The van der Waals surface area contributed by atoms with E-state index >= 15 is 0 Å². The zero-order valence-electron chi connectivity index (χ0n) is 60.0. The van der Waals surface area contributed by atoms with Gasteiger partial charge in [-0.05, 0) is 218 Å². The first kappa shape index (κ1) is 73.8. The van der Waals surface area contributed by atoms with Crippen molar-refractivity contribution in [1.82, 2.24) is 45.6 Å². The van der Waals surface area contributed by atoms with Crippen molar-refractivity contribution in [3.8, 4) is 11.1 Å². The molecule has 0 atom stereocenters. The fraction of sp³-hybridized carbons (Fsp3) is 0.468. The molecule has 3 fully saturated rings. The Balaban J connectivity index is 0.000000140. The van der Waals surface area contributed by atoms with Crippen LogP contribution in [-0.4, -0.2) is 162 Å². The van der Waals surface area contributed by atoms with E-state index in [-0.39, 0.29) is 47.4 Å². The van der Waals surface area contributed by atoms with Crippen molar-refractivity contribution in [1.29, 1.82) is 0 Å². The predicted molar refractivity (Wildman–Crippen MR) is 409 cm³/mol. The Morgan fingerprint density at radius 3 is 1.26 bits per heavy atom. The molecule has 5 aromatic rings. The van der Waals surface area contributed by atoms with Crippen molar-refractivity contribution in [3.05, 3.63) is 181 Å². The van der Waals surface area contributed by atoms with Gasteiger partial charge in [-0.25, -0.2) is 14.4 Å². The maximum Gasteiger partial charge on any atom is 0.496 e. The second-order valence-corrected chi connectivity index (χ2v) is 30.7. The van der Waals surface area contributed by atoms with Crippen LogP contribution in [0.1, 0.15) is 148 Å². The molecule has 6 amide bonds. The molecule has 3 aliphatic carbocycles. The Kier molecular flexibility index (Phi) is 24.8. The lowest BCUT2D eigenvalue weighted by Crippen LogP contribution is -2.44. The van der Waals surface area contributed by atoms with Gasteiger partial charge in [0.15, 0.2) is 0 Å². The molecule has 14 rings (SSSR count). The summed E-state index contributed by atoms with van der Waals surface area (Å²) < 4.78 is 25.3. The molecule has 2 aromatic carbocycles. The standard InChI is InChI=1S/C28H34N4O2.C23H32BN3O3.C17H20BrN3O.C11H14BrNO/c1-19(2)30-28(33)32-13-9-21(10-14-32)25-7-8-27-26(25)17-22(18-29-27)20-3-5-23(6-4-20)31-24-11-15-34-16-12-24;1-15(2)26-21(28)27-11-9-16(10-12-27)18-7-8-20-19(18)13-17(14-25-20)24-29-22(3,4)23(5,6)30-24;1-11(2)20-17(22)21-7-5-12(6-8-21)14-3-4-16-15(14)9-13(18)10-19-16;12-9-1-3-10(4-2-9)13-11-5-7-14-8-6-11/h3-7,9,17-19,24,31H,8,10-16H2,1-2H3,(H,30,33);7,9,13-15H,8,10-12H2,1-6H3,(H,26,28);3,5,9-11H,4,6-8H2,1-2H3,(H,20,22);1-4,11,13H,5-8H2. The molecular formula is C79H100BBr2N11O7. The lowest BCUT2D eigenvalue weighted by Gasteiger charge is -2.32. The number of hydrogen-bond donors (Lipinski definition) is 5. The van der Waals surface area contributed by atoms with Crippen LogP contribution in [-0.2, 0) is 38.0 Å². The number of hydrogen-bond acceptors (Lipinski definition) is 12. The predicted octanol–water partition coefficient (Wildman–Crippen LogP) is 14.7. The van der Waals surface area contributed by atoms with E-state index < -0.39 is 7.12 Å². The number of nitrogens with zero attached hydrogens (tertiary/aromatic N) is 6. The Labute approximate surface area is 609 Å². The van der Waals surface area contributed by atoms with E-state index in [9.17, 15) is 14.4 Å². The fourth-order valence-electron chi connectivity index (χ4n) is 13.5. The van der Waals surface area contributed by atoms with E-state index in [2.05, 4.69) is 194 Å². The highest BCUT2D eigenvalue weighted by Crippen LogP contribution is 2.41. The zero-order valence-corrected chi connectivity index (χ0v) is 63.1. The van der Waals surface area contributed by atoms with Crippen molar-refractivity contribution in [2.24, 2.45) is 0 Å². The summed E-state index contributed by atoms with van der Waals surface area (Å²) in [5.41, 5.74) is 19.6. The van der Waals surface area contributed by atoms with Crippen molar-refractivity contribution in [2.45, 2.75) is 175 Å². The number of halogens is 2. The second-order valence-electron chi connectivity index (χ2n) is 28.9. The zero-order chi connectivity index (χ0) is 70.7. The third-order valence-electron chi connectivity index (χ3n) is 19.8. The molecule has 9 aliphatic rings. The molecule has 6 aliphatic heterocycles. The fourth-order valence-corrected chi connectivity index (χ4v) is 14.1. The number of fused-ring (bicyclic) bond motifs is 3. The van der Waals surface area contributed by atoms with E-state index in [1.165, 1.54) is 55.8 Å². The molecule has 0 radical (unpaired) electrons. The average molecular weight is 1490 g/mol. The van der Waals surface area contributed by atoms with Crippen molar-refractivity contribution in [2.75, 3.05) is 76.3 Å². The highest BCUT2D eigenvalue weighted by molar-refractivity contribution is 9.10. The van der Waals surface area contributed by atoms with Crippen molar-refractivity contribution in [3.63, 3.8) is 0 Å². The Morgan fingerprint density at radius 1 is 0.480 bits per heavy atom. The second kappa shape index (κ2) is 33.6. The third-order valence-corrected chi connectivity index (χ3v) is 20.8. The van der Waals surface area contributed by atoms with Gasteiger partial charge in [-0.3, -0.25) is 15.0 Å². The number of ether oxygens (including phenoxy) is 2. The highest BCUT2D eigenvalue weighted by Gasteiger charge is 2.52. The molecule has 0 saturated carbocycles. The lowest BCUT2D eigenvalue weighted by atomic mass is 9.78. The first-order valence-electron chi connectivity index (χ1n) is 35.9. The number of benzene rings is 2. The molecule has 0 unspecified atom stereocenters. The van der Waals surface area contributed by atoms with Crippen LogP contribution in [0, 0.1) is 0 Å². The Bertz CT molecular complexity index is 3910. The maximum atomic E-state index is 12.3. The first-order valence-corrected chi connectivity index (χ1v) is 37.5.